The maximum atomic E-state index is 12.4. The standard InChI is InChI=1S/C15H11ClN4O/c16-11-5-4-9(8-12(11)17)20-15(21)10-2-1-3-13-14(10)19-7-6-18-13/h1-8H,17H2,(H,20,21). The summed E-state index contributed by atoms with van der Waals surface area (Å²) in [6, 6.07) is 10.2. The highest BCUT2D eigenvalue weighted by atomic mass is 35.5. The van der Waals surface area contributed by atoms with Crippen molar-refractivity contribution in [3.05, 3.63) is 59.4 Å². The molecular weight excluding hydrogens is 288 g/mol. The highest BCUT2D eigenvalue weighted by molar-refractivity contribution is 6.33. The van der Waals surface area contributed by atoms with Crippen molar-refractivity contribution in [3.63, 3.8) is 0 Å². The fourth-order valence-corrected chi connectivity index (χ4v) is 2.11. The lowest BCUT2D eigenvalue weighted by atomic mass is 10.1. The van der Waals surface area contributed by atoms with Gasteiger partial charge in [-0.25, -0.2) is 0 Å². The van der Waals surface area contributed by atoms with Gasteiger partial charge in [-0.15, -0.1) is 0 Å². The van der Waals surface area contributed by atoms with E-state index in [0.29, 0.717) is 33.0 Å². The molecular formula is C15H11ClN4O. The Hall–Kier alpha value is -2.66. The number of nitrogens with zero attached hydrogens (tertiary/aromatic N) is 2. The van der Waals surface area contributed by atoms with Crippen molar-refractivity contribution in [2.75, 3.05) is 11.1 Å². The molecule has 3 N–H and O–H groups in total. The molecule has 0 aliphatic carbocycles. The number of para-hydroxylation sites is 1. The zero-order valence-corrected chi connectivity index (χ0v) is 11.6. The second kappa shape index (κ2) is 5.38. The fourth-order valence-electron chi connectivity index (χ4n) is 2.00. The van der Waals surface area contributed by atoms with E-state index >= 15 is 0 Å². The molecule has 0 atom stereocenters. The minimum absolute atomic E-state index is 0.275. The van der Waals surface area contributed by atoms with Gasteiger partial charge in [0.1, 0.15) is 5.52 Å². The smallest absolute Gasteiger partial charge is 0.257 e. The summed E-state index contributed by atoms with van der Waals surface area (Å²) in [4.78, 5) is 20.8. The molecule has 0 spiro atoms. The van der Waals surface area contributed by atoms with Crippen LogP contribution in [0, 0.1) is 0 Å². The third-order valence-corrected chi connectivity index (χ3v) is 3.34. The van der Waals surface area contributed by atoms with Gasteiger partial charge < -0.3 is 11.1 Å². The molecule has 1 amide bonds. The molecule has 1 heterocycles. The molecule has 3 aromatic rings. The summed E-state index contributed by atoms with van der Waals surface area (Å²) in [5.74, 6) is -0.275. The summed E-state index contributed by atoms with van der Waals surface area (Å²) in [5, 5.41) is 3.22. The molecule has 2 aromatic carbocycles. The molecule has 5 nitrogen and oxygen atoms in total. The SMILES string of the molecule is Nc1cc(NC(=O)c2cccc3nccnc23)ccc1Cl. The largest absolute Gasteiger partial charge is 0.397 e. The van der Waals surface area contributed by atoms with Crippen molar-refractivity contribution in [3.8, 4) is 0 Å². The zero-order valence-electron chi connectivity index (χ0n) is 10.9. The number of carbonyl (C=O) groups is 1. The van der Waals surface area contributed by atoms with Crippen molar-refractivity contribution in [1.82, 2.24) is 9.97 Å². The number of fused-ring (bicyclic) bond motifs is 1. The van der Waals surface area contributed by atoms with Gasteiger partial charge in [0.2, 0.25) is 0 Å². The Bertz CT molecular complexity index is 830. The first kappa shape index (κ1) is 13.3. The monoisotopic (exact) mass is 298 g/mol. The number of rotatable bonds is 2. The van der Waals surface area contributed by atoms with Crippen LogP contribution in [0.1, 0.15) is 10.4 Å². The zero-order chi connectivity index (χ0) is 14.8. The topological polar surface area (TPSA) is 80.9 Å². The van der Waals surface area contributed by atoms with E-state index in [-0.39, 0.29) is 5.91 Å². The average molecular weight is 299 g/mol. The van der Waals surface area contributed by atoms with Crippen LogP contribution in [0.5, 0.6) is 0 Å². The van der Waals surface area contributed by atoms with Crippen LogP contribution < -0.4 is 11.1 Å². The molecule has 6 heteroatoms. The number of halogens is 1. The second-order valence-corrected chi connectivity index (χ2v) is 4.83. The summed E-state index contributed by atoms with van der Waals surface area (Å²) in [6.07, 6.45) is 3.14. The molecule has 0 unspecified atom stereocenters. The van der Waals surface area contributed by atoms with Crippen molar-refractivity contribution in [2.45, 2.75) is 0 Å². The van der Waals surface area contributed by atoms with E-state index in [1.54, 1.807) is 48.8 Å². The number of carbonyl (C=O) groups excluding carboxylic acids is 1. The van der Waals surface area contributed by atoms with Crippen LogP contribution in [0.3, 0.4) is 0 Å². The minimum atomic E-state index is -0.275. The van der Waals surface area contributed by atoms with Gasteiger partial charge in [-0.1, -0.05) is 17.7 Å². The highest BCUT2D eigenvalue weighted by Crippen LogP contribution is 2.23. The molecule has 0 saturated carbocycles. The molecule has 0 radical (unpaired) electrons. The number of anilines is 2. The Morgan fingerprint density at radius 1 is 1.14 bits per heavy atom. The van der Waals surface area contributed by atoms with E-state index in [4.69, 9.17) is 17.3 Å². The molecule has 21 heavy (non-hydrogen) atoms. The number of benzene rings is 2. The first-order chi connectivity index (χ1) is 10.1. The molecule has 0 aliphatic rings. The maximum absolute atomic E-state index is 12.4. The van der Waals surface area contributed by atoms with Crippen molar-refractivity contribution in [2.24, 2.45) is 0 Å². The van der Waals surface area contributed by atoms with Gasteiger partial charge in [-0.2, -0.15) is 0 Å². The Morgan fingerprint density at radius 2 is 1.95 bits per heavy atom. The van der Waals surface area contributed by atoms with Gasteiger partial charge in [-0.05, 0) is 30.3 Å². The van der Waals surface area contributed by atoms with Gasteiger partial charge in [0.15, 0.2) is 0 Å². The predicted octanol–water partition coefficient (Wildman–Crippen LogP) is 3.12. The van der Waals surface area contributed by atoms with Crippen LogP contribution >= 0.6 is 11.6 Å². The fraction of sp³-hybridized carbons (Fsp3) is 0. The van der Waals surface area contributed by atoms with E-state index in [0.717, 1.165) is 0 Å². The molecule has 1 aromatic heterocycles. The van der Waals surface area contributed by atoms with Gasteiger partial charge in [0, 0.05) is 18.1 Å². The van der Waals surface area contributed by atoms with Crippen LogP contribution in [0.15, 0.2) is 48.8 Å². The van der Waals surface area contributed by atoms with E-state index < -0.39 is 0 Å². The summed E-state index contributed by atoms with van der Waals surface area (Å²) in [5.41, 5.74) is 8.38. The number of hydrogen-bond acceptors (Lipinski definition) is 4. The van der Waals surface area contributed by atoms with Gasteiger partial charge >= 0.3 is 0 Å². The molecule has 0 aliphatic heterocycles. The lowest BCUT2D eigenvalue weighted by molar-refractivity contribution is 0.102. The van der Waals surface area contributed by atoms with Crippen molar-refractivity contribution >= 4 is 39.9 Å². The van der Waals surface area contributed by atoms with E-state index in [9.17, 15) is 4.79 Å². The maximum Gasteiger partial charge on any atom is 0.257 e. The summed E-state index contributed by atoms with van der Waals surface area (Å²) in [7, 11) is 0. The molecule has 0 saturated heterocycles. The van der Waals surface area contributed by atoms with Crippen LogP contribution in [0.4, 0.5) is 11.4 Å². The third-order valence-electron chi connectivity index (χ3n) is 3.00. The number of aromatic nitrogens is 2. The number of nitrogens with one attached hydrogen (secondary N) is 1. The van der Waals surface area contributed by atoms with Gasteiger partial charge in [0.25, 0.3) is 5.91 Å². The van der Waals surface area contributed by atoms with Crippen LogP contribution in [-0.4, -0.2) is 15.9 Å². The summed E-state index contributed by atoms with van der Waals surface area (Å²) >= 11 is 5.86. The Kier molecular flexibility index (Phi) is 3.41. The van der Waals surface area contributed by atoms with Gasteiger partial charge in [-0.3, -0.25) is 14.8 Å². The predicted molar refractivity (Wildman–Crippen MR) is 83.4 cm³/mol. The number of nitrogen functional groups attached to an aromatic ring is 1. The lowest BCUT2D eigenvalue weighted by Gasteiger charge is -2.08. The third kappa shape index (κ3) is 2.64. The average Bonchev–Trinajstić information content (AvgIpc) is 2.50. The van der Waals surface area contributed by atoms with Crippen molar-refractivity contribution < 1.29 is 4.79 Å². The molecule has 0 bridgehead atoms. The Morgan fingerprint density at radius 3 is 2.76 bits per heavy atom. The van der Waals surface area contributed by atoms with Crippen LogP contribution in [0.2, 0.25) is 5.02 Å². The molecule has 0 fully saturated rings. The minimum Gasteiger partial charge on any atom is -0.397 e. The number of hydrogen-bond donors (Lipinski definition) is 2. The van der Waals surface area contributed by atoms with Crippen LogP contribution in [-0.2, 0) is 0 Å². The normalized spacial score (nSPS) is 10.5. The van der Waals surface area contributed by atoms with Crippen molar-refractivity contribution in [1.29, 1.82) is 0 Å². The summed E-state index contributed by atoms with van der Waals surface area (Å²) in [6.45, 7) is 0. The second-order valence-electron chi connectivity index (χ2n) is 4.42. The molecule has 3 rings (SSSR count). The first-order valence-corrected chi connectivity index (χ1v) is 6.59. The number of amides is 1. The van der Waals surface area contributed by atoms with Gasteiger partial charge in [0.05, 0.1) is 21.8 Å². The van der Waals surface area contributed by atoms with E-state index in [1.165, 1.54) is 0 Å². The highest BCUT2D eigenvalue weighted by Gasteiger charge is 2.12. The Balaban J connectivity index is 1.95. The lowest BCUT2D eigenvalue weighted by Crippen LogP contribution is -2.13. The number of nitrogens with two attached hydrogens (primary N) is 1. The van der Waals surface area contributed by atoms with Crippen LogP contribution in [0.25, 0.3) is 11.0 Å². The van der Waals surface area contributed by atoms with E-state index in [2.05, 4.69) is 15.3 Å². The quantitative estimate of drug-likeness (QED) is 0.712. The Labute approximate surface area is 125 Å². The molecule has 104 valence electrons. The summed E-state index contributed by atoms with van der Waals surface area (Å²) < 4.78 is 0. The van der Waals surface area contributed by atoms with E-state index in [1.807, 2.05) is 0 Å². The first-order valence-electron chi connectivity index (χ1n) is 6.21.